The van der Waals surface area contributed by atoms with Crippen molar-refractivity contribution in [3.63, 3.8) is 0 Å². The summed E-state index contributed by atoms with van der Waals surface area (Å²) < 4.78 is 51.0. The Morgan fingerprint density at radius 2 is 2.00 bits per heavy atom. The normalized spacial score (nSPS) is 12.2. The van der Waals surface area contributed by atoms with Gasteiger partial charge in [-0.25, -0.2) is 9.78 Å². The molecule has 3 aromatic rings. The van der Waals surface area contributed by atoms with E-state index in [1.807, 2.05) is 0 Å². The predicted molar refractivity (Wildman–Crippen MR) is 103 cm³/mol. The first-order valence-electron chi connectivity index (χ1n) is 8.71. The molecule has 1 amide bonds. The zero-order valence-electron chi connectivity index (χ0n) is 16.0. The fourth-order valence-corrected chi connectivity index (χ4v) is 3.14. The van der Waals surface area contributed by atoms with E-state index in [1.54, 1.807) is 37.7 Å². The molecule has 0 aliphatic heterocycles. The van der Waals surface area contributed by atoms with E-state index in [4.69, 9.17) is 9.47 Å². The molecule has 29 heavy (non-hydrogen) atoms. The van der Waals surface area contributed by atoms with Crippen molar-refractivity contribution in [3.05, 3.63) is 46.0 Å². The van der Waals surface area contributed by atoms with Crippen LogP contribution in [0.5, 0.6) is 5.75 Å². The summed E-state index contributed by atoms with van der Waals surface area (Å²) in [5.41, 5.74) is 1.63. The summed E-state index contributed by atoms with van der Waals surface area (Å²) in [5.74, 6) is -0.286. The lowest BCUT2D eigenvalue weighted by Gasteiger charge is -2.19. The number of carbonyl (C=O) groups is 1. The van der Waals surface area contributed by atoms with Crippen LogP contribution < -0.4 is 10.1 Å². The zero-order chi connectivity index (χ0) is 21.2. The van der Waals surface area contributed by atoms with Crippen LogP contribution in [-0.4, -0.2) is 21.7 Å². The lowest BCUT2D eigenvalue weighted by Crippen LogP contribution is -2.32. The Kier molecular flexibility index (Phi) is 5.74. The summed E-state index contributed by atoms with van der Waals surface area (Å²) >= 11 is 1.34. The average molecular weight is 427 g/mol. The Balaban J connectivity index is 1.81. The highest BCUT2D eigenvalue weighted by Gasteiger charge is 2.35. The van der Waals surface area contributed by atoms with Crippen LogP contribution in [0, 0.1) is 0 Å². The van der Waals surface area contributed by atoms with E-state index in [2.05, 4.69) is 15.3 Å². The van der Waals surface area contributed by atoms with Gasteiger partial charge in [-0.2, -0.15) is 13.2 Å². The van der Waals surface area contributed by atoms with Crippen LogP contribution in [0.3, 0.4) is 0 Å². The van der Waals surface area contributed by atoms with Crippen LogP contribution in [0.25, 0.3) is 10.9 Å². The van der Waals surface area contributed by atoms with Crippen molar-refractivity contribution in [2.24, 2.45) is 0 Å². The van der Waals surface area contributed by atoms with Gasteiger partial charge in [0.25, 0.3) is 0 Å². The number of thiazole rings is 1. The second kappa shape index (κ2) is 7.94. The minimum Gasteiger partial charge on any atom is -0.487 e. The number of H-pyrrole nitrogens is 1. The van der Waals surface area contributed by atoms with Crippen molar-refractivity contribution in [2.45, 2.75) is 45.7 Å². The molecule has 3 rings (SSSR count). The van der Waals surface area contributed by atoms with E-state index in [1.165, 1.54) is 17.4 Å². The highest BCUT2D eigenvalue weighted by Crippen LogP contribution is 2.39. The van der Waals surface area contributed by atoms with Crippen molar-refractivity contribution in [1.29, 1.82) is 0 Å². The first kappa shape index (κ1) is 21.0. The van der Waals surface area contributed by atoms with Crippen LogP contribution in [0.4, 0.5) is 18.0 Å². The maximum atomic E-state index is 13.5. The molecule has 2 N–H and O–H groups in total. The first-order valence-corrected chi connectivity index (χ1v) is 9.65. The van der Waals surface area contributed by atoms with Crippen LogP contribution in [0.1, 0.15) is 37.7 Å². The Hall–Kier alpha value is -2.75. The summed E-state index contributed by atoms with van der Waals surface area (Å²) in [5, 5.41) is 4.64. The monoisotopic (exact) mass is 427 g/mol. The number of nitrogens with one attached hydrogen (secondary N) is 2. The lowest BCUT2D eigenvalue weighted by atomic mass is 10.1. The SMILES string of the molecule is CC(C)(C)OC(=O)NCc1cc2cc(C(F)(F)F)c(OCc3cscn3)cc2[nH]1. The number of fused-ring (bicyclic) bond motifs is 1. The number of nitrogens with zero attached hydrogens (tertiary/aromatic N) is 1. The number of alkyl halides is 3. The van der Waals surface area contributed by atoms with Crippen LogP contribution in [-0.2, 0) is 24.1 Å². The summed E-state index contributed by atoms with van der Waals surface area (Å²) in [4.78, 5) is 18.8. The van der Waals surface area contributed by atoms with E-state index >= 15 is 0 Å². The molecule has 0 unspecified atom stereocenters. The van der Waals surface area contributed by atoms with Gasteiger partial charge in [0, 0.05) is 28.0 Å². The summed E-state index contributed by atoms with van der Waals surface area (Å²) in [6.45, 7) is 5.23. The molecule has 6 nitrogen and oxygen atoms in total. The maximum absolute atomic E-state index is 13.5. The van der Waals surface area contributed by atoms with Crippen molar-refractivity contribution in [3.8, 4) is 5.75 Å². The minimum absolute atomic E-state index is 0.0636. The fourth-order valence-electron chi connectivity index (χ4n) is 2.60. The van der Waals surface area contributed by atoms with Crippen LogP contribution >= 0.6 is 11.3 Å². The van der Waals surface area contributed by atoms with Gasteiger partial charge >= 0.3 is 12.3 Å². The fraction of sp³-hybridized carbons (Fsp3) is 0.368. The number of amides is 1. The number of hydrogen-bond donors (Lipinski definition) is 2. The number of carbonyl (C=O) groups excluding carboxylic acids is 1. The summed E-state index contributed by atoms with van der Waals surface area (Å²) in [7, 11) is 0. The molecule has 10 heteroatoms. The average Bonchev–Trinajstić information content (AvgIpc) is 3.23. The number of aromatic amines is 1. The van der Waals surface area contributed by atoms with Crippen molar-refractivity contribution in [2.75, 3.05) is 0 Å². The first-order chi connectivity index (χ1) is 13.5. The van der Waals surface area contributed by atoms with E-state index in [0.29, 0.717) is 22.3 Å². The van der Waals surface area contributed by atoms with Crippen molar-refractivity contribution >= 4 is 28.3 Å². The number of aromatic nitrogens is 2. The quantitative estimate of drug-likeness (QED) is 0.583. The second-order valence-electron chi connectivity index (χ2n) is 7.35. The Morgan fingerprint density at radius 3 is 2.62 bits per heavy atom. The molecule has 0 saturated carbocycles. The molecule has 156 valence electrons. The maximum Gasteiger partial charge on any atom is 0.419 e. The van der Waals surface area contributed by atoms with Crippen molar-refractivity contribution in [1.82, 2.24) is 15.3 Å². The molecule has 0 atom stereocenters. The number of rotatable bonds is 5. The molecule has 0 radical (unpaired) electrons. The topological polar surface area (TPSA) is 76.2 Å². The Labute approximate surface area is 169 Å². The van der Waals surface area contributed by atoms with E-state index in [9.17, 15) is 18.0 Å². The van der Waals surface area contributed by atoms with Gasteiger partial charge in [-0.1, -0.05) is 0 Å². The number of hydrogen-bond acceptors (Lipinski definition) is 5. The standard InChI is InChI=1S/C19H20F3N3O3S/c1-18(2,3)28-17(26)23-7-12-4-11-5-14(19(20,21)22)16(6-15(11)25-12)27-8-13-9-29-10-24-13/h4-6,9-10,25H,7-8H2,1-3H3,(H,23,26). The van der Waals surface area contributed by atoms with Gasteiger partial charge < -0.3 is 19.8 Å². The molecule has 0 fully saturated rings. The molecule has 2 aromatic heterocycles. The number of ether oxygens (including phenoxy) is 2. The molecule has 1 aromatic carbocycles. The third kappa shape index (κ3) is 5.63. The van der Waals surface area contributed by atoms with Crippen LogP contribution in [0.2, 0.25) is 0 Å². The summed E-state index contributed by atoms with van der Waals surface area (Å²) in [6, 6.07) is 3.88. The van der Waals surface area contributed by atoms with Crippen LogP contribution in [0.15, 0.2) is 29.1 Å². The van der Waals surface area contributed by atoms with Gasteiger partial charge in [0.05, 0.1) is 23.3 Å². The molecule has 0 aliphatic rings. The molecule has 0 aliphatic carbocycles. The Morgan fingerprint density at radius 1 is 1.24 bits per heavy atom. The smallest absolute Gasteiger partial charge is 0.419 e. The van der Waals surface area contributed by atoms with Crippen molar-refractivity contribution < 1.29 is 27.4 Å². The highest BCUT2D eigenvalue weighted by molar-refractivity contribution is 7.07. The largest absolute Gasteiger partial charge is 0.487 e. The van der Waals surface area contributed by atoms with E-state index < -0.39 is 23.4 Å². The third-order valence-corrected chi connectivity index (χ3v) is 4.40. The molecule has 2 heterocycles. The number of alkyl carbamates (subject to hydrolysis) is 1. The molecular formula is C19H20F3N3O3S. The summed E-state index contributed by atoms with van der Waals surface area (Å²) in [6.07, 6.45) is -5.18. The zero-order valence-corrected chi connectivity index (χ0v) is 16.8. The molecule has 0 saturated heterocycles. The molecule has 0 spiro atoms. The lowest BCUT2D eigenvalue weighted by molar-refractivity contribution is -0.138. The van der Waals surface area contributed by atoms with E-state index in [-0.39, 0.29) is 18.9 Å². The van der Waals surface area contributed by atoms with Gasteiger partial charge in [0.1, 0.15) is 18.0 Å². The van der Waals surface area contributed by atoms with Gasteiger partial charge in [-0.3, -0.25) is 0 Å². The number of halogens is 3. The second-order valence-corrected chi connectivity index (χ2v) is 8.07. The highest BCUT2D eigenvalue weighted by atomic mass is 32.1. The van der Waals surface area contributed by atoms with Gasteiger partial charge in [-0.05, 0) is 32.9 Å². The molecular weight excluding hydrogens is 407 g/mol. The van der Waals surface area contributed by atoms with Gasteiger partial charge in [0.2, 0.25) is 0 Å². The minimum atomic E-state index is -4.57. The van der Waals surface area contributed by atoms with E-state index in [0.717, 1.165) is 6.07 Å². The Bertz CT molecular complexity index is 992. The van der Waals surface area contributed by atoms with Gasteiger partial charge in [0.15, 0.2) is 0 Å². The predicted octanol–water partition coefficient (Wildman–Crippen LogP) is 5.25. The van der Waals surface area contributed by atoms with Gasteiger partial charge in [-0.15, -0.1) is 11.3 Å². The third-order valence-electron chi connectivity index (χ3n) is 3.76. The molecule has 0 bridgehead atoms. The number of benzene rings is 1.